The van der Waals surface area contributed by atoms with E-state index in [1.807, 2.05) is 83.2 Å². The molecule has 0 bridgehead atoms. The van der Waals surface area contributed by atoms with Crippen LogP contribution in [-0.4, -0.2) is 31.3 Å². The van der Waals surface area contributed by atoms with E-state index in [0.29, 0.717) is 12.1 Å². The van der Waals surface area contributed by atoms with Gasteiger partial charge in [-0.25, -0.2) is 9.67 Å². The van der Waals surface area contributed by atoms with Gasteiger partial charge in [0.2, 0.25) is 0 Å². The van der Waals surface area contributed by atoms with Gasteiger partial charge in [0.25, 0.3) is 5.91 Å². The van der Waals surface area contributed by atoms with Crippen molar-refractivity contribution in [2.75, 3.05) is 0 Å². The van der Waals surface area contributed by atoms with Crippen molar-refractivity contribution in [1.82, 2.24) is 24.6 Å². The molecule has 0 spiro atoms. The average molecular weight is 478 g/mol. The molecular weight excluding hydrogens is 446 g/mol. The second kappa shape index (κ2) is 10.2. The Labute approximate surface area is 211 Å². The van der Waals surface area contributed by atoms with Gasteiger partial charge in [-0.05, 0) is 80.6 Å². The number of carbonyl (C=O) groups excluding carboxylic acids is 1. The molecule has 0 aliphatic heterocycles. The topological polar surface area (TPSA) is 64.7 Å². The number of pyridine rings is 1. The highest BCUT2D eigenvalue weighted by Gasteiger charge is 2.17. The molecule has 36 heavy (non-hydrogen) atoms. The minimum atomic E-state index is -0.0468. The first kappa shape index (κ1) is 23.5. The fourth-order valence-electron chi connectivity index (χ4n) is 4.60. The number of hydrogen-bond donors (Lipinski definition) is 1. The van der Waals surface area contributed by atoms with Crippen LogP contribution in [0.4, 0.5) is 0 Å². The third kappa shape index (κ3) is 5.08. The van der Waals surface area contributed by atoms with Crippen molar-refractivity contribution in [3.63, 3.8) is 0 Å². The number of fused-ring (bicyclic) bond motifs is 1. The molecule has 0 unspecified atom stereocenters. The molecule has 5 rings (SSSR count). The first-order chi connectivity index (χ1) is 17.5. The predicted molar refractivity (Wildman–Crippen MR) is 144 cm³/mol. The molecule has 3 heterocycles. The minimum Gasteiger partial charge on any atom is -0.350 e. The summed E-state index contributed by atoms with van der Waals surface area (Å²) in [4.78, 5) is 17.6. The number of amides is 1. The van der Waals surface area contributed by atoms with Crippen LogP contribution in [0.25, 0.3) is 16.9 Å². The first-order valence-electron chi connectivity index (χ1n) is 12.4. The van der Waals surface area contributed by atoms with Crippen LogP contribution in [0, 0.1) is 13.8 Å². The van der Waals surface area contributed by atoms with Crippen molar-refractivity contribution in [2.24, 2.45) is 0 Å². The molecule has 0 saturated carbocycles. The van der Waals surface area contributed by atoms with Crippen LogP contribution in [0.3, 0.4) is 0 Å². The molecule has 2 aromatic carbocycles. The van der Waals surface area contributed by atoms with Gasteiger partial charge in [-0.2, -0.15) is 5.10 Å². The van der Waals surface area contributed by atoms with Gasteiger partial charge in [-0.15, -0.1) is 0 Å². The summed E-state index contributed by atoms with van der Waals surface area (Å²) in [5.41, 5.74) is 6.00. The molecule has 0 aliphatic carbocycles. The summed E-state index contributed by atoms with van der Waals surface area (Å²) in [7, 11) is 0. The Morgan fingerprint density at radius 3 is 2.39 bits per heavy atom. The zero-order chi connectivity index (χ0) is 25.1. The third-order valence-corrected chi connectivity index (χ3v) is 6.49. The van der Waals surface area contributed by atoms with Gasteiger partial charge in [0.05, 0.1) is 11.9 Å². The Morgan fingerprint density at radius 1 is 0.944 bits per heavy atom. The van der Waals surface area contributed by atoms with E-state index in [1.165, 1.54) is 5.56 Å². The Bertz CT molecular complexity index is 1470. The molecule has 0 saturated heterocycles. The molecule has 0 fully saturated rings. The number of rotatable bonds is 8. The fraction of sp³-hybridized carbons (Fsp3) is 0.233. The number of nitrogens with one attached hydrogen (secondary N) is 1. The molecule has 3 aromatic heterocycles. The summed E-state index contributed by atoms with van der Waals surface area (Å²) in [5.74, 6) is 0.829. The van der Waals surface area contributed by atoms with Crippen molar-refractivity contribution in [3.8, 4) is 5.82 Å². The molecule has 1 N–H and O–H groups in total. The standard InChI is InChI=1S/C30H31N5O/c1-21-19-23(3)31-28-27(21)29(34-17-7-8-18-34)33-35(28)20-25-13-15-26(16-14-25)30(36)32-22(2)11-12-24-9-5-4-6-10-24/h4-10,13-19,22H,11-12,20H2,1-3H3,(H,32,36)/t22-/m0/s1. The van der Waals surface area contributed by atoms with Crippen molar-refractivity contribution in [3.05, 3.63) is 113 Å². The van der Waals surface area contributed by atoms with E-state index in [1.54, 1.807) is 0 Å². The summed E-state index contributed by atoms with van der Waals surface area (Å²) in [6.07, 6.45) is 5.84. The molecule has 6 heteroatoms. The molecule has 1 atom stereocenters. The van der Waals surface area contributed by atoms with Gasteiger partial charge in [0.1, 0.15) is 0 Å². The molecule has 182 valence electrons. The Morgan fingerprint density at radius 2 is 1.67 bits per heavy atom. The van der Waals surface area contributed by atoms with Crippen LogP contribution in [0.5, 0.6) is 0 Å². The van der Waals surface area contributed by atoms with E-state index in [0.717, 1.165) is 46.5 Å². The summed E-state index contributed by atoms with van der Waals surface area (Å²) < 4.78 is 3.97. The zero-order valence-corrected chi connectivity index (χ0v) is 21.0. The molecule has 5 aromatic rings. The molecule has 0 radical (unpaired) electrons. The van der Waals surface area contributed by atoms with Crippen LogP contribution in [0.1, 0.15) is 46.1 Å². The van der Waals surface area contributed by atoms with Gasteiger partial charge < -0.3 is 9.88 Å². The summed E-state index contributed by atoms with van der Waals surface area (Å²) in [6, 6.07) is 24.3. The van der Waals surface area contributed by atoms with Crippen LogP contribution in [-0.2, 0) is 13.0 Å². The second-order valence-electron chi connectivity index (χ2n) is 9.45. The predicted octanol–water partition coefficient (Wildman–Crippen LogP) is 5.64. The Hall–Kier alpha value is -4.19. The van der Waals surface area contributed by atoms with E-state index < -0.39 is 0 Å². The number of aryl methyl sites for hydroxylation is 3. The van der Waals surface area contributed by atoms with Crippen LogP contribution in [0.15, 0.2) is 85.2 Å². The highest BCUT2D eigenvalue weighted by molar-refractivity contribution is 5.94. The molecule has 0 aliphatic rings. The molecule has 6 nitrogen and oxygen atoms in total. The van der Waals surface area contributed by atoms with Crippen molar-refractivity contribution in [1.29, 1.82) is 0 Å². The maximum absolute atomic E-state index is 12.8. The highest BCUT2D eigenvalue weighted by atomic mass is 16.1. The average Bonchev–Trinajstić information content (AvgIpc) is 3.52. The zero-order valence-electron chi connectivity index (χ0n) is 21.0. The Kier molecular flexibility index (Phi) is 6.67. The van der Waals surface area contributed by atoms with Crippen molar-refractivity contribution in [2.45, 2.75) is 46.2 Å². The van der Waals surface area contributed by atoms with E-state index in [-0.39, 0.29) is 11.9 Å². The summed E-state index contributed by atoms with van der Waals surface area (Å²) in [6.45, 7) is 6.73. The van der Waals surface area contributed by atoms with Gasteiger partial charge in [-0.3, -0.25) is 4.79 Å². The third-order valence-electron chi connectivity index (χ3n) is 6.49. The lowest BCUT2D eigenvalue weighted by Crippen LogP contribution is -2.32. The number of hydrogen-bond acceptors (Lipinski definition) is 3. The normalized spacial score (nSPS) is 12.1. The number of benzene rings is 2. The van der Waals surface area contributed by atoms with Crippen LogP contribution < -0.4 is 5.32 Å². The largest absolute Gasteiger partial charge is 0.350 e. The summed E-state index contributed by atoms with van der Waals surface area (Å²) in [5, 5.41) is 9.08. The van der Waals surface area contributed by atoms with Gasteiger partial charge >= 0.3 is 0 Å². The lowest BCUT2D eigenvalue weighted by atomic mass is 10.1. The number of carbonyl (C=O) groups is 1. The maximum Gasteiger partial charge on any atom is 0.251 e. The van der Waals surface area contributed by atoms with E-state index in [9.17, 15) is 4.79 Å². The number of aromatic nitrogens is 4. The number of nitrogens with zero attached hydrogens (tertiary/aromatic N) is 4. The maximum atomic E-state index is 12.8. The van der Waals surface area contributed by atoms with Crippen molar-refractivity contribution >= 4 is 16.9 Å². The first-order valence-corrected chi connectivity index (χ1v) is 12.4. The van der Waals surface area contributed by atoms with Gasteiger partial charge in [0.15, 0.2) is 11.5 Å². The quantitative estimate of drug-likeness (QED) is 0.315. The SMILES string of the molecule is Cc1cc(C)c2c(-n3cccc3)nn(Cc3ccc(C(=O)N[C@@H](C)CCc4ccccc4)cc3)c2n1. The van der Waals surface area contributed by atoms with Crippen LogP contribution >= 0.6 is 0 Å². The van der Waals surface area contributed by atoms with E-state index in [2.05, 4.69) is 37.4 Å². The minimum absolute atomic E-state index is 0.0468. The van der Waals surface area contributed by atoms with E-state index >= 15 is 0 Å². The highest BCUT2D eigenvalue weighted by Crippen LogP contribution is 2.26. The van der Waals surface area contributed by atoms with Gasteiger partial charge in [0, 0.05) is 29.7 Å². The van der Waals surface area contributed by atoms with Gasteiger partial charge in [-0.1, -0.05) is 42.5 Å². The molecule has 1 amide bonds. The van der Waals surface area contributed by atoms with Crippen LogP contribution in [0.2, 0.25) is 0 Å². The second-order valence-corrected chi connectivity index (χ2v) is 9.45. The smallest absolute Gasteiger partial charge is 0.251 e. The lowest BCUT2D eigenvalue weighted by molar-refractivity contribution is 0.0938. The lowest BCUT2D eigenvalue weighted by Gasteiger charge is -2.14. The summed E-state index contributed by atoms with van der Waals surface area (Å²) >= 11 is 0. The van der Waals surface area contributed by atoms with Crippen molar-refractivity contribution < 1.29 is 4.79 Å². The molecular formula is C30H31N5O. The monoisotopic (exact) mass is 477 g/mol. The fourth-order valence-corrected chi connectivity index (χ4v) is 4.60. The Balaban J connectivity index is 1.30. The van der Waals surface area contributed by atoms with E-state index in [4.69, 9.17) is 10.1 Å².